The van der Waals surface area contributed by atoms with E-state index in [-0.39, 0.29) is 69.5 Å². The van der Waals surface area contributed by atoms with E-state index in [1.54, 1.807) is 11.2 Å². The standard InChI is InChI=1S/C20H38N8O5S.ClH/c21-5-7-28(17-3-4-17)20(30)18(25-34(31,32)27-8-10-33-11-9-27)12-19(29)23-13-16-2-1-6-26(14-16)15-24-22;/h15-18,25H,1-14,21-22H2,(H,23,29);1H/t16-,18-;/m0./s1. The van der Waals surface area contributed by atoms with Crippen LogP contribution in [0.2, 0.25) is 0 Å². The van der Waals surface area contributed by atoms with Gasteiger partial charge in [0.1, 0.15) is 12.4 Å². The molecule has 13 nitrogen and oxygen atoms in total. The van der Waals surface area contributed by atoms with Crippen LogP contribution in [0.5, 0.6) is 0 Å². The van der Waals surface area contributed by atoms with Crippen LogP contribution in [0.15, 0.2) is 5.10 Å². The number of ether oxygens (including phenoxy) is 1. The first-order chi connectivity index (χ1) is 16.3. The Hall–Kier alpha value is -1.71. The van der Waals surface area contributed by atoms with Crippen LogP contribution in [0.1, 0.15) is 32.1 Å². The summed E-state index contributed by atoms with van der Waals surface area (Å²) < 4.78 is 34.9. The average Bonchev–Trinajstić information content (AvgIpc) is 3.67. The minimum atomic E-state index is -3.96. The molecule has 202 valence electrons. The number of nitrogens with zero attached hydrogens (tertiary/aromatic N) is 4. The molecule has 15 heteroatoms. The van der Waals surface area contributed by atoms with Crippen molar-refractivity contribution in [2.75, 3.05) is 59.0 Å². The molecule has 0 aromatic heterocycles. The third kappa shape index (κ3) is 9.03. The second-order valence-corrected chi connectivity index (χ2v) is 10.7. The van der Waals surface area contributed by atoms with Crippen molar-refractivity contribution >= 4 is 40.8 Å². The van der Waals surface area contributed by atoms with E-state index in [2.05, 4.69) is 15.1 Å². The number of carbonyl (C=O) groups is 2. The van der Waals surface area contributed by atoms with E-state index in [1.165, 1.54) is 4.31 Å². The number of nitrogens with one attached hydrogen (secondary N) is 2. The fraction of sp³-hybridized carbons (Fsp3) is 0.850. The molecule has 0 unspecified atom stereocenters. The van der Waals surface area contributed by atoms with Gasteiger partial charge in [0.25, 0.3) is 10.2 Å². The summed E-state index contributed by atoms with van der Waals surface area (Å²) in [6.45, 7) is 3.57. The summed E-state index contributed by atoms with van der Waals surface area (Å²) in [5.41, 5.74) is 5.69. The van der Waals surface area contributed by atoms with E-state index >= 15 is 0 Å². The predicted molar refractivity (Wildman–Crippen MR) is 134 cm³/mol. The molecule has 0 radical (unpaired) electrons. The molecule has 1 aliphatic carbocycles. The number of carbonyl (C=O) groups excluding carboxylic acids is 2. The summed E-state index contributed by atoms with van der Waals surface area (Å²) in [5, 5.41) is 6.43. The van der Waals surface area contributed by atoms with Crippen molar-refractivity contribution in [1.82, 2.24) is 24.1 Å². The van der Waals surface area contributed by atoms with Gasteiger partial charge in [0, 0.05) is 51.9 Å². The molecule has 2 saturated heterocycles. The van der Waals surface area contributed by atoms with Gasteiger partial charge in [-0.3, -0.25) is 9.59 Å². The highest BCUT2D eigenvalue weighted by molar-refractivity contribution is 7.87. The molecule has 2 aliphatic heterocycles. The molecule has 2 atom stereocenters. The number of piperidine rings is 1. The number of rotatable bonds is 12. The van der Waals surface area contributed by atoms with Gasteiger partial charge in [0.2, 0.25) is 11.8 Å². The molecule has 6 N–H and O–H groups in total. The lowest BCUT2D eigenvalue weighted by atomic mass is 9.98. The smallest absolute Gasteiger partial charge is 0.280 e. The molecule has 3 fully saturated rings. The van der Waals surface area contributed by atoms with Gasteiger partial charge < -0.3 is 31.4 Å². The summed E-state index contributed by atoms with van der Waals surface area (Å²) >= 11 is 0. The van der Waals surface area contributed by atoms with E-state index in [4.69, 9.17) is 16.3 Å². The number of nitrogens with two attached hydrogens (primary N) is 2. The monoisotopic (exact) mass is 538 g/mol. The van der Waals surface area contributed by atoms with E-state index < -0.39 is 22.2 Å². The Balaban J connectivity index is 0.00000432. The quantitative estimate of drug-likeness (QED) is 0.0955. The Morgan fingerprint density at radius 2 is 1.91 bits per heavy atom. The van der Waals surface area contributed by atoms with E-state index in [9.17, 15) is 18.0 Å². The molecule has 0 aromatic carbocycles. The zero-order chi connectivity index (χ0) is 24.6. The lowest BCUT2D eigenvalue weighted by Crippen LogP contribution is -2.56. The number of amides is 2. The number of halogens is 1. The zero-order valence-corrected chi connectivity index (χ0v) is 21.6. The van der Waals surface area contributed by atoms with Gasteiger partial charge in [-0.15, -0.1) is 12.4 Å². The Morgan fingerprint density at radius 3 is 2.54 bits per heavy atom. The van der Waals surface area contributed by atoms with Gasteiger partial charge in [0.15, 0.2) is 0 Å². The molecule has 0 spiro atoms. The summed E-state index contributed by atoms with van der Waals surface area (Å²) in [5.74, 6) is 4.66. The van der Waals surface area contributed by atoms with E-state index in [1.807, 2.05) is 4.90 Å². The maximum Gasteiger partial charge on any atom is 0.280 e. The second-order valence-electron chi connectivity index (χ2n) is 9.01. The molecule has 1 saturated carbocycles. The molecule has 2 amide bonds. The van der Waals surface area contributed by atoms with Crippen LogP contribution >= 0.6 is 12.4 Å². The number of hydrazone groups is 1. The fourth-order valence-electron chi connectivity index (χ4n) is 4.40. The van der Waals surface area contributed by atoms with Crippen molar-refractivity contribution in [2.24, 2.45) is 22.6 Å². The lowest BCUT2D eigenvalue weighted by molar-refractivity contribution is -0.136. The summed E-state index contributed by atoms with van der Waals surface area (Å²) in [7, 11) is -3.96. The Labute approximate surface area is 213 Å². The Morgan fingerprint density at radius 1 is 1.20 bits per heavy atom. The Kier molecular flexibility index (Phi) is 11.9. The summed E-state index contributed by atoms with van der Waals surface area (Å²) in [6.07, 6.45) is 4.93. The van der Waals surface area contributed by atoms with Crippen LogP contribution in [0.3, 0.4) is 0 Å². The maximum absolute atomic E-state index is 13.3. The molecule has 3 rings (SSSR count). The van der Waals surface area contributed by atoms with Gasteiger partial charge in [0.05, 0.1) is 19.6 Å². The minimum Gasteiger partial charge on any atom is -0.379 e. The van der Waals surface area contributed by atoms with Crippen LogP contribution in [-0.2, 0) is 24.5 Å². The van der Waals surface area contributed by atoms with Gasteiger partial charge in [-0.2, -0.15) is 22.5 Å². The van der Waals surface area contributed by atoms with Crippen LogP contribution < -0.4 is 21.6 Å². The maximum atomic E-state index is 13.3. The highest BCUT2D eigenvalue weighted by atomic mass is 35.5. The number of hydrogen-bond acceptors (Lipinski definition) is 8. The van der Waals surface area contributed by atoms with E-state index in [0.29, 0.717) is 13.1 Å². The molecular weight excluding hydrogens is 500 g/mol. The molecular formula is C20H39ClN8O5S. The Bertz CT molecular complexity index is 822. The van der Waals surface area contributed by atoms with Crippen LogP contribution in [0.4, 0.5) is 0 Å². The average molecular weight is 539 g/mol. The third-order valence-electron chi connectivity index (χ3n) is 6.30. The van der Waals surface area contributed by atoms with E-state index in [0.717, 1.165) is 38.8 Å². The SMILES string of the molecule is Cl.NCCN(C(=O)[C@H](CC(=O)NC[C@@H]1CCCN(C=NN)C1)NS(=O)(=O)N1CCOCC1)C1CC1. The van der Waals surface area contributed by atoms with Crippen LogP contribution in [-0.4, -0.2) is 112 Å². The van der Waals surface area contributed by atoms with Gasteiger partial charge >= 0.3 is 0 Å². The molecule has 3 aliphatic rings. The topological polar surface area (TPSA) is 176 Å². The van der Waals surface area contributed by atoms with Gasteiger partial charge in [-0.25, -0.2) is 0 Å². The second kappa shape index (κ2) is 14.1. The van der Waals surface area contributed by atoms with Crippen molar-refractivity contribution in [2.45, 2.75) is 44.2 Å². The molecule has 0 aromatic rings. The van der Waals surface area contributed by atoms with Crippen molar-refractivity contribution in [1.29, 1.82) is 0 Å². The number of hydrogen-bond donors (Lipinski definition) is 4. The summed E-state index contributed by atoms with van der Waals surface area (Å²) in [6, 6.07) is -1.15. The molecule has 35 heavy (non-hydrogen) atoms. The minimum absolute atomic E-state index is 0. The van der Waals surface area contributed by atoms with Gasteiger partial charge in [-0.1, -0.05) is 0 Å². The first-order valence-electron chi connectivity index (χ1n) is 11.9. The van der Waals surface area contributed by atoms with Crippen molar-refractivity contribution < 1.29 is 22.7 Å². The summed E-state index contributed by atoms with van der Waals surface area (Å²) in [4.78, 5) is 29.7. The van der Waals surface area contributed by atoms with Crippen molar-refractivity contribution in [3.63, 3.8) is 0 Å². The number of likely N-dealkylation sites (tertiary alicyclic amines) is 1. The highest BCUT2D eigenvalue weighted by Gasteiger charge is 2.39. The third-order valence-corrected chi connectivity index (χ3v) is 7.93. The lowest BCUT2D eigenvalue weighted by Gasteiger charge is -2.32. The van der Waals surface area contributed by atoms with Crippen molar-refractivity contribution in [3.05, 3.63) is 0 Å². The normalized spacial score (nSPS) is 22.4. The predicted octanol–water partition coefficient (Wildman–Crippen LogP) is -1.99. The van der Waals surface area contributed by atoms with Crippen LogP contribution in [0, 0.1) is 5.92 Å². The highest BCUT2D eigenvalue weighted by Crippen LogP contribution is 2.27. The largest absolute Gasteiger partial charge is 0.379 e. The number of morpholine rings is 1. The fourth-order valence-corrected chi connectivity index (χ4v) is 5.72. The first kappa shape index (κ1) is 29.5. The van der Waals surface area contributed by atoms with Crippen molar-refractivity contribution in [3.8, 4) is 0 Å². The first-order valence-corrected chi connectivity index (χ1v) is 13.4. The zero-order valence-electron chi connectivity index (χ0n) is 20.0. The molecule has 0 bridgehead atoms. The molecule has 2 heterocycles. The van der Waals surface area contributed by atoms with Crippen LogP contribution in [0.25, 0.3) is 0 Å². The van der Waals surface area contributed by atoms with Gasteiger partial charge in [-0.05, 0) is 31.6 Å².